The Kier molecular flexibility index (Phi) is 4.43. The molecule has 0 fully saturated rings. The van der Waals surface area contributed by atoms with E-state index in [2.05, 4.69) is 37.7 Å². The highest BCUT2D eigenvalue weighted by atomic mass is 15.2. The van der Waals surface area contributed by atoms with Crippen LogP contribution >= 0.6 is 0 Å². The molecule has 82 valence electrons. The molecule has 0 radical (unpaired) electrons. The van der Waals surface area contributed by atoms with Crippen molar-refractivity contribution in [3.63, 3.8) is 0 Å². The van der Waals surface area contributed by atoms with Crippen molar-refractivity contribution in [2.45, 2.75) is 52.5 Å². The van der Waals surface area contributed by atoms with Gasteiger partial charge in [-0.15, -0.1) is 0 Å². The lowest BCUT2D eigenvalue weighted by Crippen LogP contribution is -2.40. The topological polar surface area (TPSA) is 15.6 Å². The van der Waals surface area contributed by atoms with Gasteiger partial charge in [0.1, 0.15) is 0 Å². The summed E-state index contributed by atoms with van der Waals surface area (Å²) in [6.07, 6.45) is 5.24. The summed E-state index contributed by atoms with van der Waals surface area (Å²) in [5, 5.41) is 0. The average molecular weight is 196 g/mol. The highest BCUT2D eigenvalue weighted by Crippen LogP contribution is 2.20. The smallest absolute Gasteiger partial charge is 0.0957 e. The Morgan fingerprint density at radius 2 is 2.29 bits per heavy atom. The summed E-state index contributed by atoms with van der Waals surface area (Å²) in [5.74, 6) is 2.07. The van der Waals surface area contributed by atoms with E-state index in [9.17, 15) is 0 Å². The Morgan fingerprint density at radius 3 is 2.93 bits per heavy atom. The van der Waals surface area contributed by atoms with Crippen LogP contribution < -0.4 is 0 Å². The zero-order chi connectivity index (χ0) is 10.6. The molecule has 1 aliphatic rings. The fourth-order valence-corrected chi connectivity index (χ4v) is 2.30. The van der Waals surface area contributed by atoms with E-state index in [1.165, 1.54) is 31.5 Å². The zero-order valence-electron chi connectivity index (χ0n) is 10.1. The van der Waals surface area contributed by atoms with Crippen molar-refractivity contribution in [2.24, 2.45) is 10.9 Å². The van der Waals surface area contributed by atoms with Gasteiger partial charge in [-0.25, -0.2) is 0 Å². The number of hydrogen-bond acceptors (Lipinski definition) is 2. The molecule has 1 heterocycles. The van der Waals surface area contributed by atoms with Crippen molar-refractivity contribution in [3.8, 4) is 0 Å². The summed E-state index contributed by atoms with van der Waals surface area (Å²) in [6, 6.07) is 0.731. The van der Waals surface area contributed by atoms with Gasteiger partial charge in [0.25, 0.3) is 0 Å². The third-order valence-corrected chi connectivity index (χ3v) is 3.32. The summed E-state index contributed by atoms with van der Waals surface area (Å²) in [4.78, 5) is 6.81. The Hall–Kier alpha value is -0.530. The Labute approximate surface area is 88.4 Å². The third-order valence-electron chi connectivity index (χ3n) is 3.32. The molecule has 0 aromatic rings. The summed E-state index contributed by atoms with van der Waals surface area (Å²) < 4.78 is 0. The van der Waals surface area contributed by atoms with Crippen LogP contribution in [-0.4, -0.2) is 30.4 Å². The fourth-order valence-electron chi connectivity index (χ4n) is 2.30. The SMILES string of the molecule is CCCC(C)CC1CCN=C(C)N1C. The van der Waals surface area contributed by atoms with Gasteiger partial charge >= 0.3 is 0 Å². The number of amidine groups is 1. The monoisotopic (exact) mass is 196 g/mol. The molecule has 2 heteroatoms. The van der Waals surface area contributed by atoms with Gasteiger partial charge in [0.05, 0.1) is 5.84 Å². The highest BCUT2D eigenvalue weighted by molar-refractivity contribution is 5.80. The van der Waals surface area contributed by atoms with E-state index in [1.54, 1.807) is 0 Å². The second-order valence-corrected chi connectivity index (χ2v) is 4.61. The van der Waals surface area contributed by atoms with Crippen molar-refractivity contribution >= 4 is 5.84 Å². The molecular weight excluding hydrogens is 172 g/mol. The maximum atomic E-state index is 4.46. The van der Waals surface area contributed by atoms with Gasteiger partial charge in [0.15, 0.2) is 0 Å². The van der Waals surface area contributed by atoms with Gasteiger partial charge in [-0.05, 0) is 25.7 Å². The summed E-state index contributed by atoms with van der Waals surface area (Å²) >= 11 is 0. The van der Waals surface area contributed by atoms with Crippen LogP contribution in [0.4, 0.5) is 0 Å². The van der Waals surface area contributed by atoms with Crippen molar-refractivity contribution in [3.05, 3.63) is 0 Å². The number of nitrogens with zero attached hydrogens (tertiary/aromatic N) is 2. The lowest BCUT2D eigenvalue weighted by Gasteiger charge is -2.34. The molecule has 0 N–H and O–H groups in total. The van der Waals surface area contributed by atoms with Crippen LogP contribution in [0, 0.1) is 5.92 Å². The van der Waals surface area contributed by atoms with Crippen molar-refractivity contribution in [1.29, 1.82) is 0 Å². The normalized spacial score (nSPS) is 24.7. The molecule has 0 amide bonds. The molecule has 0 aromatic heterocycles. The van der Waals surface area contributed by atoms with E-state index in [-0.39, 0.29) is 0 Å². The minimum absolute atomic E-state index is 0.731. The predicted molar refractivity (Wildman–Crippen MR) is 62.8 cm³/mol. The first-order valence-electron chi connectivity index (χ1n) is 5.89. The van der Waals surface area contributed by atoms with Crippen LogP contribution in [0.25, 0.3) is 0 Å². The van der Waals surface area contributed by atoms with Crippen LogP contribution in [0.3, 0.4) is 0 Å². The number of aliphatic imine (C=N–C) groups is 1. The summed E-state index contributed by atoms with van der Waals surface area (Å²) in [7, 11) is 2.18. The van der Waals surface area contributed by atoms with E-state index in [0.717, 1.165) is 18.5 Å². The molecule has 1 aliphatic heterocycles. The molecule has 0 bridgehead atoms. The Balaban J connectivity index is 2.41. The lowest BCUT2D eigenvalue weighted by atomic mass is 9.94. The van der Waals surface area contributed by atoms with Gasteiger partial charge in [-0.2, -0.15) is 0 Å². The first-order valence-corrected chi connectivity index (χ1v) is 5.89. The molecule has 1 rings (SSSR count). The third kappa shape index (κ3) is 3.00. The zero-order valence-corrected chi connectivity index (χ0v) is 10.1. The molecule has 0 aliphatic carbocycles. The van der Waals surface area contributed by atoms with E-state index in [1.807, 2.05) is 0 Å². The van der Waals surface area contributed by atoms with E-state index in [0.29, 0.717) is 0 Å². The number of rotatable bonds is 4. The summed E-state index contributed by atoms with van der Waals surface area (Å²) in [6.45, 7) is 7.79. The van der Waals surface area contributed by atoms with Crippen LogP contribution in [0.1, 0.15) is 46.5 Å². The molecule has 2 atom stereocenters. The minimum Gasteiger partial charge on any atom is -0.361 e. The Bertz CT molecular complexity index is 198. The van der Waals surface area contributed by atoms with Gasteiger partial charge in [-0.3, -0.25) is 4.99 Å². The maximum Gasteiger partial charge on any atom is 0.0957 e. The van der Waals surface area contributed by atoms with Crippen molar-refractivity contribution < 1.29 is 0 Å². The second-order valence-electron chi connectivity index (χ2n) is 4.61. The lowest BCUT2D eigenvalue weighted by molar-refractivity contribution is 0.269. The van der Waals surface area contributed by atoms with E-state index < -0.39 is 0 Å². The molecule has 0 spiro atoms. The van der Waals surface area contributed by atoms with Crippen molar-refractivity contribution in [1.82, 2.24) is 4.90 Å². The van der Waals surface area contributed by atoms with Gasteiger partial charge in [0.2, 0.25) is 0 Å². The van der Waals surface area contributed by atoms with Crippen LogP contribution in [0.15, 0.2) is 4.99 Å². The van der Waals surface area contributed by atoms with Gasteiger partial charge < -0.3 is 4.90 Å². The molecule has 0 saturated heterocycles. The predicted octanol–water partition coefficient (Wildman–Crippen LogP) is 2.94. The number of hydrogen-bond donors (Lipinski definition) is 0. The molecule has 0 aromatic carbocycles. The molecule has 2 unspecified atom stereocenters. The minimum atomic E-state index is 0.731. The van der Waals surface area contributed by atoms with Crippen LogP contribution in [0.2, 0.25) is 0 Å². The van der Waals surface area contributed by atoms with E-state index >= 15 is 0 Å². The summed E-state index contributed by atoms with van der Waals surface area (Å²) in [5.41, 5.74) is 0. The van der Waals surface area contributed by atoms with Crippen LogP contribution in [0.5, 0.6) is 0 Å². The van der Waals surface area contributed by atoms with E-state index in [4.69, 9.17) is 0 Å². The van der Waals surface area contributed by atoms with Crippen LogP contribution in [-0.2, 0) is 0 Å². The largest absolute Gasteiger partial charge is 0.361 e. The standard InChI is InChI=1S/C12H24N2/c1-5-6-10(2)9-12-7-8-13-11(3)14(12)4/h10,12H,5-9H2,1-4H3. The highest BCUT2D eigenvalue weighted by Gasteiger charge is 2.21. The maximum absolute atomic E-state index is 4.46. The fraction of sp³-hybridized carbons (Fsp3) is 0.917. The first-order chi connectivity index (χ1) is 6.65. The van der Waals surface area contributed by atoms with Gasteiger partial charge in [0, 0.05) is 19.6 Å². The second kappa shape index (κ2) is 5.38. The molecule has 14 heavy (non-hydrogen) atoms. The van der Waals surface area contributed by atoms with Gasteiger partial charge in [-0.1, -0.05) is 26.7 Å². The van der Waals surface area contributed by atoms with Crippen molar-refractivity contribution in [2.75, 3.05) is 13.6 Å². The molecule has 2 nitrogen and oxygen atoms in total. The molecular formula is C12H24N2. The molecule has 0 saturated carbocycles. The average Bonchev–Trinajstić information content (AvgIpc) is 2.13. The first kappa shape index (κ1) is 11.5. The quantitative estimate of drug-likeness (QED) is 0.675. The Morgan fingerprint density at radius 1 is 1.57 bits per heavy atom.